The van der Waals surface area contributed by atoms with Crippen LogP contribution in [0.25, 0.3) is 0 Å². The summed E-state index contributed by atoms with van der Waals surface area (Å²) >= 11 is 3.34. The maximum Gasteiger partial charge on any atom is 0.263 e. The number of benzene rings is 1. The summed E-state index contributed by atoms with van der Waals surface area (Å²) in [7, 11) is 0. The minimum Gasteiger partial charge on any atom is -0.360 e. The smallest absolute Gasteiger partial charge is 0.263 e. The summed E-state index contributed by atoms with van der Waals surface area (Å²) in [4.78, 5) is 15.9. The zero-order chi connectivity index (χ0) is 15.8. The van der Waals surface area contributed by atoms with E-state index in [2.05, 4.69) is 31.5 Å². The van der Waals surface area contributed by atoms with E-state index >= 15 is 0 Å². The Labute approximate surface area is 136 Å². The maximum absolute atomic E-state index is 12.0. The molecular formula is C16H13BrN4O. The standard InChI is InChI=1S/C16H13BrN4O/c17-14-3-5-15(6-4-14)20-11-13(8-18)16(22)21-10-12-2-1-7-19-9-12/h1-7,9,11,20H,10H2,(H,21,22)/b13-11-. The predicted molar refractivity (Wildman–Crippen MR) is 87.5 cm³/mol. The Balaban J connectivity index is 1.95. The van der Waals surface area contributed by atoms with Crippen LogP contribution in [0.2, 0.25) is 0 Å². The molecule has 0 saturated carbocycles. The Kier molecular flexibility index (Phi) is 5.69. The van der Waals surface area contributed by atoms with Crippen molar-refractivity contribution in [1.82, 2.24) is 10.3 Å². The number of hydrogen-bond donors (Lipinski definition) is 2. The van der Waals surface area contributed by atoms with Gasteiger partial charge >= 0.3 is 0 Å². The summed E-state index contributed by atoms with van der Waals surface area (Å²) in [5, 5.41) is 14.7. The summed E-state index contributed by atoms with van der Waals surface area (Å²) in [5.74, 6) is -0.434. The van der Waals surface area contributed by atoms with E-state index in [9.17, 15) is 4.79 Å². The van der Waals surface area contributed by atoms with Crippen LogP contribution in [0.15, 0.2) is 65.0 Å². The summed E-state index contributed by atoms with van der Waals surface area (Å²) < 4.78 is 0.955. The van der Waals surface area contributed by atoms with Gasteiger partial charge in [0, 0.05) is 35.3 Å². The van der Waals surface area contributed by atoms with Crippen LogP contribution in [-0.4, -0.2) is 10.9 Å². The Morgan fingerprint density at radius 3 is 2.73 bits per heavy atom. The van der Waals surface area contributed by atoms with Crippen molar-refractivity contribution in [2.75, 3.05) is 5.32 Å². The fourth-order valence-electron chi connectivity index (χ4n) is 1.63. The van der Waals surface area contributed by atoms with Crippen molar-refractivity contribution in [2.45, 2.75) is 6.54 Å². The van der Waals surface area contributed by atoms with E-state index in [0.29, 0.717) is 6.54 Å². The van der Waals surface area contributed by atoms with Crippen molar-refractivity contribution in [2.24, 2.45) is 0 Å². The molecule has 0 bridgehead atoms. The molecule has 0 aliphatic heterocycles. The second-order valence-corrected chi connectivity index (χ2v) is 5.28. The molecule has 22 heavy (non-hydrogen) atoms. The van der Waals surface area contributed by atoms with Crippen LogP contribution in [-0.2, 0) is 11.3 Å². The van der Waals surface area contributed by atoms with Crippen molar-refractivity contribution in [3.63, 3.8) is 0 Å². The third-order valence-electron chi connectivity index (χ3n) is 2.77. The zero-order valence-corrected chi connectivity index (χ0v) is 13.2. The van der Waals surface area contributed by atoms with Gasteiger partial charge in [0.2, 0.25) is 0 Å². The van der Waals surface area contributed by atoms with E-state index in [0.717, 1.165) is 15.7 Å². The molecule has 2 N–H and O–H groups in total. The van der Waals surface area contributed by atoms with Crippen molar-refractivity contribution in [3.05, 3.63) is 70.6 Å². The number of rotatable bonds is 5. The molecule has 5 nitrogen and oxygen atoms in total. The number of anilines is 1. The quantitative estimate of drug-likeness (QED) is 0.637. The van der Waals surface area contributed by atoms with E-state index in [1.165, 1.54) is 6.20 Å². The average Bonchev–Trinajstić information content (AvgIpc) is 2.56. The van der Waals surface area contributed by atoms with Crippen molar-refractivity contribution in [3.8, 4) is 6.07 Å². The lowest BCUT2D eigenvalue weighted by atomic mass is 10.2. The Hall–Kier alpha value is -2.65. The Bertz CT molecular complexity index is 705. The predicted octanol–water partition coefficient (Wildman–Crippen LogP) is 2.98. The third kappa shape index (κ3) is 4.72. The van der Waals surface area contributed by atoms with Crippen LogP contribution in [0.4, 0.5) is 5.69 Å². The number of carbonyl (C=O) groups is 1. The molecule has 2 aromatic rings. The van der Waals surface area contributed by atoms with Gasteiger partial charge in [-0.15, -0.1) is 0 Å². The van der Waals surface area contributed by atoms with Gasteiger partial charge in [0.25, 0.3) is 5.91 Å². The van der Waals surface area contributed by atoms with E-state index in [1.54, 1.807) is 18.5 Å². The molecule has 0 radical (unpaired) electrons. The minimum atomic E-state index is -0.434. The van der Waals surface area contributed by atoms with Crippen LogP contribution in [0.5, 0.6) is 0 Å². The molecule has 110 valence electrons. The van der Waals surface area contributed by atoms with E-state index in [4.69, 9.17) is 5.26 Å². The van der Waals surface area contributed by atoms with Gasteiger partial charge in [-0.3, -0.25) is 9.78 Å². The molecule has 0 aliphatic carbocycles. The van der Waals surface area contributed by atoms with E-state index in [1.807, 2.05) is 36.4 Å². The Morgan fingerprint density at radius 2 is 2.09 bits per heavy atom. The molecule has 6 heteroatoms. The molecule has 0 atom stereocenters. The lowest BCUT2D eigenvalue weighted by molar-refractivity contribution is -0.117. The Morgan fingerprint density at radius 1 is 1.32 bits per heavy atom. The van der Waals surface area contributed by atoms with Gasteiger partial charge in [0.05, 0.1) is 0 Å². The normalized spacial score (nSPS) is 10.6. The number of nitrogens with zero attached hydrogens (tertiary/aromatic N) is 2. The molecule has 0 saturated heterocycles. The summed E-state index contributed by atoms with van der Waals surface area (Å²) in [6, 6.07) is 12.9. The fourth-order valence-corrected chi connectivity index (χ4v) is 1.89. The molecule has 1 heterocycles. The van der Waals surface area contributed by atoms with Crippen LogP contribution in [0, 0.1) is 11.3 Å². The van der Waals surface area contributed by atoms with Gasteiger partial charge in [-0.2, -0.15) is 5.26 Å². The highest BCUT2D eigenvalue weighted by Crippen LogP contribution is 2.14. The monoisotopic (exact) mass is 356 g/mol. The fraction of sp³-hybridized carbons (Fsp3) is 0.0625. The molecule has 1 aromatic heterocycles. The summed E-state index contributed by atoms with van der Waals surface area (Å²) in [6.07, 6.45) is 4.71. The molecule has 0 aliphatic rings. The zero-order valence-electron chi connectivity index (χ0n) is 11.6. The van der Waals surface area contributed by atoms with Gasteiger partial charge in [0.15, 0.2) is 0 Å². The highest BCUT2D eigenvalue weighted by Gasteiger charge is 2.08. The molecule has 0 fully saturated rings. The van der Waals surface area contributed by atoms with Gasteiger partial charge in [0.1, 0.15) is 11.6 Å². The molecule has 0 spiro atoms. The number of amides is 1. The van der Waals surface area contributed by atoms with Crippen LogP contribution in [0.1, 0.15) is 5.56 Å². The molecule has 1 aromatic carbocycles. The SMILES string of the molecule is N#C/C(=C/Nc1ccc(Br)cc1)C(=O)NCc1cccnc1. The molecule has 2 rings (SSSR count). The van der Waals surface area contributed by atoms with Crippen molar-refractivity contribution in [1.29, 1.82) is 5.26 Å². The van der Waals surface area contributed by atoms with Crippen molar-refractivity contribution < 1.29 is 4.79 Å². The number of pyridine rings is 1. The maximum atomic E-state index is 12.0. The van der Waals surface area contributed by atoms with Gasteiger partial charge in [-0.25, -0.2) is 0 Å². The van der Waals surface area contributed by atoms with E-state index in [-0.39, 0.29) is 5.57 Å². The number of halogens is 1. The number of carbonyl (C=O) groups excluding carboxylic acids is 1. The highest BCUT2D eigenvalue weighted by atomic mass is 79.9. The first-order chi connectivity index (χ1) is 10.7. The molecule has 1 amide bonds. The van der Waals surface area contributed by atoms with Crippen LogP contribution < -0.4 is 10.6 Å². The minimum absolute atomic E-state index is 0.00630. The highest BCUT2D eigenvalue weighted by molar-refractivity contribution is 9.10. The number of hydrogen-bond acceptors (Lipinski definition) is 4. The molecule has 0 unspecified atom stereocenters. The number of nitrogens with one attached hydrogen (secondary N) is 2. The van der Waals surface area contributed by atoms with Crippen LogP contribution >= 0.6 is 15.9 Å². The van der Waals surface area contributed by atoms with Gasteiger partial charge in [-0.05, 0) is 35.9 Å². The lowest BCUT2D eigenvalue weighted by Crippen LogP contribution is -2.24. The first-order valence-corrected chi connectivity index (χ1v) is 7.28. The first kappa shape index (κ1) is 15.7. The van der Waals surface area contributed by atoms with Gasteiger partial charge in [-0.1, -0.05) is 22.0 Å². The lowest BCUT2D eigenvalue weighted by Gasteiger charge is -2.05. The third-order valence-corrected chi connectivity index (χ3v) is 3.30. The largest absolute Gasteiger partial charge is 0.360 e. The average molecular weight is 357 g/mol. The number of nitriles is 1. The second-order valence-electron chi connectivity index (χ2n) is 4.36. The summed E-state index contributed by atoms with van der Waals surface area (Å²) in [5.41, 5.74) is 1.66. The first-order valence-electron chi connectivity index (χ1n) is 6.48. The summed E-state index contributed by atoms with van der Waals surface area (Å²) in [6.45, 7) is 0.323. The topological polar surface area (TPSA) is 77.8 Å². The second kappa shape index (κ2) is 7.96. The van der Waals surface area contributed by atoms with Crippen LogP contribution in [0.3, 0.4) is 0 Å². The van der Waals surface area contributed by atoms with E-state index < -0.39 is 5.91 Å². The number of aromatic nitrogens is 1. The van der Waals surface area contributed by atoms with Gasteiger partial charge < -0.3 is 10.6 Å². The molecular weight excluding hydrogens is 344 g/mol. The van der Waals surface area contributed by atoms with Crippen molar-refractivity contribution >= 4 is 27.5 Å².